The third kappa shape index (κ3) is 6.32. The number of halogens is 3. The smallest absolute Gasteiger partial charge is 0.334 e. The van der Waals surface area contributed by atoms with Gasteiger partial charge >= 0.3 is 12.2 Å². The van der Waals surface area contributed by atoms with Crippen LogP contribution in [0.1, 0.15) is 25.0 Å². The molecule has 144 valence electrons. The van der Waals surface area contributed by atoms with Crippen molar-refractivity contribution in [3.05, 3.63) is 59.7 Å². The summed E-state index contributed by atoms with van der Waals surface area (Å²) < 4.78 is 37.5. The summed E-state index contributed by atoms with van der Waals surface area (Å²) in [7, 11) is 0. The minimum absolute atomic E-state index is 0.0863. The quantitative estimate of drug-likeness (QED) is 0.709. The Morgan fingerprint density at radius 2 is 1.41 bits per heavy atom. The predicted octanol–water partition coefficient (Wildman–Crippen LogP) is 4.62. The lowest BCUT2D eigenvalue weighted by molar-refractivity contribution is -0.137. The van der Waals surface area contributed by atoms with Crippen LogP contribution in [0.2, 0.25) is 0 Å². The molecular formula is C19H20F3N3O2. The maximum absolute atomic E-state index is 12.5. The second kappa shape index (κ2) is 8.57. The molecule has 0 atom stereocenters. The topological polar surface area (TPSA) is 70.2 Å². The van der Waals surface area contributed by atoms with Gasteiger partial charge in [0.05, 0.1) is 5.56 Å². The van der Waals surface area contributed by atoms with Gasteiger partial charge in [-0.15, -0.1) is 0 Å². The van der Waals surface area contributed by atoms with Crippen molar-refractivity contribution in [2.45, 2.75) is 26.6 Å². The van der Waals surface area contributed by atoms with Crippen molar-refractivity contribution in [1.29, 1.82) is 0 Å². The average molecular weight is 379 g/mol. The van der Waals surface area contributed by atoms with Gasteiger partial charge in [0.1, 0.15) is 0 Å². The van der Waals surface area contributed by atoms with Gasteiger partial charge < -0.3 is 16.0 Å². The van der Waals surface area contributed by atoms with Crippen LogP contribution in [0.4, 0.5) is 29.3 Å². The van der Waals surface area contributed by atoms with Crippen LogP contribution in [0.15, 0.2) is 48.5 Å². The van der Waals surface area contributed by atoms with E-state index < -0.39 is 17.8 Å². The van der Waals surface area contributed by atoms with Crippen molar-refractivity contribution in [1.82, 2.24) is 5.32 Å². The fourth-order valence-corrected chi connectivity index (χ4v) is 2.09. The maximum atomic E-state index is 12.5. The van der Waals surface area contributed by atoms with Crippen LogP contribution < -0.4 is 16.0 Å². The van der Waals surface area contributed by atoms with Crippen LogP contribution in [0.3, 0.4) is 0 Å². The third-order valence-electron chi connectivity index (χ3n) is 3.67. The first-order valence-electron chi connectivity index (χ1n) is 8.27. The van der Waals surface area contributed by atoms with Gasteiger partial charge in [-0.3, -0.25) is 4.79 Å². The number of hydrogen-bond donors (Lipinski definition) is 3. The number of alkyl halides is 3. The highest BCUT2D eigenvalue weighted by atomic mass is 19.4. The summed E-state index contributed by atoms with van der Waals surface area (Å²) in [5.41, 5.74) is 0.942. The standard InChI is InChI=1S/C19H20F3N3O2/c1-12(2)17(26)24-15-7-3-13(4-8-15)11-23-18(27)25-16-9-5-14(6-10-16)19(20,21)22/h3-10,12H,11H2,1-2H3,(H,24,26)(H2,23,25,27). The van der Waals surface area contributed by atoms with Gasteiger partial charge in [0.2, 0.25) is 5.91 Å². The average Bonchev–Trinajstić information content (AvgIpc) is 2.60. The van der Waals surface area contributed by atoms with E-state index in [1.807, 2.05) is 0 Å². The first kappa shape index (κ1) is 20.3. The zero-order valence-electron chi connectivity index (χ0n) is 14.9. The lowest BCUT2D eigenvalue weighted by Gasteiger charge is -2.11. The molecule has 0 fully saturated rings. The summed E-state index contributed by atoms with van der Waals surface area (Å²) in [5, 5.41) is 7.84. The van der Waals surface area contributed by atoms with Crippen LogP contribution in [-0.2, 0) is 17.5 Å². The van der Waals surface area contributed by atoms with Crippen molar-refractivity contribution < 1.29 is 22.8 Å². The number of benzene rings is 2. The molecule has 0 aliphatic rings. The van der Waals surface area contributed by atoms with Crippen molar-refractivity contribution >= 4 is 23.3 Å². The Morgan fingerprint density at radius 3 is 1.93 bits per heavy atom. The molecule has 2 aromatic rings. The highest BCUT2D eigenvalue weighted by molar-refractivity contribution is 5.92. The SMILES string of the molecule is CC(C)C(=O)Nc1ccc(CNC(=O)Nc2ccc(C(F)(F)F)cc2)cc1. The third-order valence-corrected chi connectivity index (χ3v) is 3.67. The number of anilines is 2. The molecule has 3 N–H and O–H groups in total. The minimum Gasteiger partial charge on any atom is -0.334 e. The molecule has 5 nitrogen and oxygen atoms in total. The second-order valence-corrected chi connectivity index (χ2v) is 6.22. The van der Waals surface area contributed by atoms with Crippen molar-refractivity contribution in [3.8, 4) is 0 Å². The number of rotatable bonds is 5. The summed E-state index contributed by atoms with van der Waals surface area (Å²) in [6, 6.07) is 10.6. The first-order valence-corrected chi connectivity index (χ1v) is 8.27. The van der Waals surface area contributed by atoms with E-state index in [2.05, 4.69) is 16.0 Å². The Labute approximate surface area is 155 Å². The van der Waals surface area contributed by atoms with Crippen molar-refractivity contribution in [2.75, 3.05) is 10.6 Å². The Hall–Kier alpha value is -3.03. The van der Waals surface area contributed by atoms with Gasteiger partial charge in [-0.25, -0.2) is 4.79 Å². The molecule has 0 bridgehead atoms. The highest BCUT2D eigenvalue weighted by Crippen LogP contribution is 2.29. The highest BCUT2D eigenvalue weighted by Gasteiger charge is 2.29. The molecule has 0 aromatic heterocycles. The summed E-state index contributed by atoms with van der Waals surface area (Å²) >= 11 is 0. The van der Waals surface area contributed by atoms with Gasteiger partial charge in [0.15, 0.2) is 0 Å². The Bertz CT molecular complexity index is 785. The minimum atomic E-state index is -4.42. The van der Waals surface area contributed by atoms with E-state index in [0.29, 0.717) is 5.69 Å². The van der Waals surface area contributed by atoms with Crippen LogP contribution in [0.5, 0.6) is 0 Å². The number of nitrogens with one attached hydrogen (secondary N) is 3. The largest absolute Gasteiger partial charge is 0.416 e. The van der Waals surface area contributed by atoms with Crippen molar-refractivity contribution in [3.63, 3.8) is 0 Å². The monoisotopic (exact) mass is 379 g/mol. The molecule has 0 unspecified atom stereocenters. The van der Waals surface area contributed by atoms with Crippen LogP contribution in [0, 0.1) is 5.92 Å². The van der Waals surface area contributed by atoms with Gasteiger partial charge in [-0.05, 0) is 42.0 Å². The zero-order valence-corrected chi connectivity index (χ0v) is 14.9. The normalized spacial score (nSPS) is 11.2. The summed E-state index contributed by atoms with van der Waals surface area (Å²) in [6.07, 6.45) is -4.42. The molecule has 27 heavy (non-hydrogen) atoms. The van der Waals surface area contributed by atoms with Crippen LogP contribution in [0.25, 0.3) is 0 Å². The summed E-state index contributed by atoms with van der Waals surface area (Å²) in [4.78, 5) is 23.5. The number of carbonyl (C=O) groups is 2. The lowest BCUT2D eigenvalue weighted by atomic mass is 10.1. The molecule has 0 aliphatic carbocycles. The van der Waals surface area contributed by atoms with E-state index in [1.165, 1.54) is 12.1 Å². The molecule has 0 saturated carbocycles. The fourth-order valence-electron chi connectivity index (χ4n) is 2.09. The van der Waals surface area contributed by atoms with Crippen LogP contribution >= 0.6 is 0 Å². The van der Waals surface area contributed by atoms with E-state index >= 15 is 0 Å². The molecule has 0 radical (unpaired) electrons. The summed E-state index contributed by atoms with van der Waals surface area (Å²) in [6.45, 7) is 3.82. The molecule has 8 heteroatoms. The first-order chi connectivity index (χ1) is 12.6. The molecular weight excluding hydrogens is 359 g/mol. The number of urea groups is 1. The van der Waals surface area contributed by atoms with Gasteiger partial charge in [0, 0.05) is 23.8 Å². The van der Waals surface area contributed by atoms with E-state index in [1.54, 1.807) is 38.1 Å². The maximum Gasteiger partial charge on any atom is 0.416 e. The molecule has 0 heterocycles. The van der Waals surface area contributed by atoms with E-state index in [4.69, 9.17) is 0 Å². The van der Waals surface area contributed by atoms with E-state index in [-0.39, 0.29) is 24.1 Å². The Morgan fingerprint density at radius 1 is 0.889 bits per heavy atom. The Kier molecular flexibility index (Phi) is 6.44. The predicted molar refractivity (Wildman–Crippen MR) is 97.2 cm³/mol. The van der Waals surface area contributed by atoms with Gasteiger partial charge in [-0.2, -0.15) is 13.2 Å². The van der Waals surface area contributed by atoms with Gasteiger partial charge in [-0.1, -0.05) is 26.0 Å². The number of hydrogen-bond acceptors (Lipinski definition) is 2. The molecule has 0 spiro atoms. The van der Waals surface area contributed by atoms with E-state index in [0.717, 1.165) is 17.7 Å². The summed E-state index contributed by atoms with van der Waals surface area (Å²) in [5.74, 6) is -0.211. The van der Waals surface area contributed by atoms with E-state index in [9.17, 15) is 22.8 Å². The number of carbonyl (C=O) groups excluding carboxylic acids is 2. The van der Waals surface area contributed by atoms with Crippen LogP contribution in [-0.4, -0.2) is 11.9 Å². The second-order valence-electron chi connectivity index (χ2n) is 6.22. The lowest BCUT2D eigenvalue weighted by Crippen LogP contribution is -2.28. The van der Waals surface area contributed by atoms with Gasteiger partial charge in [0.25, 0.3) is 0 Å². The number of amides is 3. The molecule has 2 aromatic carbocycles. The molecule has 0 saturated heterocycles. The Balaban J connectivity index is 1.84. The van der Waals surface area contributed by atoms with Crippen molar-refractivity contribution in [2.24, 2.45) is 5.92 Å². The molecule has 2 rings (SSSR count). The molecule has 3 amide bonds. The fraction of sp³-hybridized carbons (Fsp3) is 0.263. The molecule has 0 aliphatic heterocycles. The zero-order chi connectivity index (χ0) is 20.0.